The van der Waals surface area contributed by atoms with Crippen LogP contribution in [0.2, 0.25) is 0 Å². The second kappa shape index (κ2) is 38.7. The second-order valence-corrected chi connectivity index (χ2v) is 21.7. The molecule has 0 fully saturated rings. The molecule has 12 rings (SSSR count). The van der Waals surface area contributed by atoms with Crippen LogP contribution in [0.3, 0.4) is 0 Å². The molecule has 0 aromatic heterocycles. The van der Waals surface area contributed by atoms with Gasteiger partial charge in [0.05, 0.1) is 0 Å². The normalized spacial score (nSPS) is 10.1. The number of benzene rings is 12. The zero-order valence-electron chi connectivity index (χ0n) is 47.7. The molecule has 12 aromatic carbocycles. The molecule has 0 aliphatic heterocycles. The molecular weight excluding hydrogens is 1280 g/mol. The van der Waals surface area contributed by atoms with Crippen molar-refractivity contribution in [1.29, 1.82) is 0 Å². The molecule has 0 saturated heterocycles. The van der Waals surface area contributed by atoms with Crippen LogP contribution in [0.4, 0.5) is 0 Å². The molecule has 449 valence electrons. The summed E-state index contributed by atoms with van der Waals surface area (Å²) in [5, 5.41) is 0. The van der Waals surface area contributed by atoms with E-state index in [-0.39, 0.29) is 19.5 Å². The fourth-order valence-electron chi connectivity index (χ4n) is 7.03. The smallest absolute Gasteiger partial charge is 0.409 e. The molecule has 0 aliphatic rings. The summed E-state index contributed by atoms with van der Waals surface area (Å²) in [5.74, 6) is 8.51. The molecule has 0 unspecified atom stereocenters. The second-order valence-electron chi connectivity index (χ2n) is 17.7. The summed E-state index contributed by atoms with van der Waals surface area (Å²) in [7, 11) is -6.36. The maximum atomic E-state index is 5.84. The summed E-state index contributed by atoms with van der Waals surface area (Å²) in [6.45, 7) is 0. The SMILES string of the molecule is [Rh].c1ccc(OP(Oc2ccccc2)Oc2ccccc2)cc1.c1ccc(OP(Oc2ccccc2)Oc2ccccc2)cc1.c1ccc(OP(Oc2ccccc2)Oc2ccccc2)cc1.c1ccc(OP(Oc2ccccc2)Oc2ccccc2)cc1. The zero-order chi connectivity index (χ0) is 60.1. The Morgan fingerprint density at radius 3 is 0.247 bits per heavy atom. The van der Waals surface area contributed by atoms with Crippen LogP contribution in [0, 0.1) is 0 Å². The van der Waals surface area contributed by atoms with Crippen molar-refractivity contribution in [1.82, 2.24) is 0 Å². The van der Waals surface area contributed by atoms with Gasteiger partial charge in [0, 0.05) is 19.5 Å². The van der Waals surface area contributed by atoms with Crippen LogP contribution >= 0.6 is 34.4 Å². The Morgan fingerprint density at radius 2 is 0.180 bits per heavy atom. The van der Waals surface area contributed by atoms with E-state index in [2.05, 4.69) is 0 Å². The fraction of sp³-hybridized carbons (Fsp3) is 0. The van der Waals surface area contributed by atoms with Crippen LogP contribution in [0.5, 0.6) is 69.0 Å². The third-order valence-electron chi connectivity index (χ3n) is 11.1. The number of hydrogen-bond donors (Lipinski definition) is 0. The van der Waals surface area contributed by atoms with E-state index in [0.29, 0.717) is 69.0 Å². The molecule has 1 radical (unpaired) electrons. The molecule has 12 nitrogen and oxygen atoms in total. The summed E-state index contributed by atoms with van der Waals surface area (Å²) >= 11 is 0. The molecule has 0 N–H and O–H groups in total. The van der Waals surface area contributed by atoms with Gasteiger partial charge in [-0.05, 0) is 146 Å². The van der Waals surface area contributed by atoms with Crippen LogP contribution in [-0.2, 0) is 19.5 Å². The Balaban J connectivity index is 0.000000153. The van der Waals surface area contributed by atoms with E-state index >= 15 is 0 Å². The van der Waals surface area contributed by atoms with Crippen LogP contribution in [-0.4, -0.2) is 0 Å². The maximum absolute atomic E-state index is 5.84. The molecule has 12 aromatic rings. The van der Waals surface area contributed by atoms with Gasteiger partial charge in [-0.1, -0.05) is 218 Å². The third-order valence-corrected chi connectivity index (χ3v) is 15.4. The van der Waals surface area contributed by atoms with Gasteiger partial charge in [-0.25, -0.2) is 0 Å². The zero-order valence-corrected chi connectivity index (χ0v) is 52.9. The monoisotopic (exact) mass is 1340 g/mol. The van der Waals surface area contributed by atoms with Crippen molar-refractivity contribution >= 4 is 34.4 Å². The van der Waals surface area contributed by atoms with Gasteiger partial charge in [0.1, 0.15) is 69.0 Å². The van der Waals surface area contributed by atoms with Gasteiger partial charge in [0.25, 0.3) is 0 Å². The Bertz CT molecular complexity index is 2810. The maximum Gasteiger partial charge on any atom is 0.530 e. The minimum atomic E-state index is -1.59. The number of hydrogen-bond acceptors (Lipinski definition) is 12. The molecule has 17 heteroatoms. The van der Waals surface area contributed by atoms with Crippen LogP contribution in [0.25, 0.3) is 0 Å². The van der Waals surface area contributed by atoms with Gasteiger partial charge < -0.3 is 54.3 Å². The summed E-state index contributed by atoms with van der Waals surface area (Å²) < 4.78 is 70.1. The largest absolute Gasteiger partial charge is 0.530 e. The van der Waals surface area contributed by atoms with Crippen LogP contribution in [0.15, 0.2) is 364 Å². The van der Waals surface area contributed by atoms with Crippen LogP contribution < -0.4 is 54.3 Å². The van der Waals surface area contributed by atoms with Crippen molar-refractivity contribution in [3.8, 4) is 69.0 Å². The van der Waals surface area contributed by atoms with Crippen LogP contribution in [0.1, 0.15) is 0 Å². The van der Waals surface area contributed by atoms with Crippen molar-refractivity contribution in [3.05, 3.63) is 364 Å². The minimum absolute atomic E-state index is 0. The Labute approximate surface area is 537 Å². The predicted molar refractivity (Wildman–Crippen MR) is 353 cm³/mol. The van der Waals surface area contributed by atoms with E-state index in [0.717, 1.165) is 0 Å². The summed E-state index contributed by atoms with van der Waals surface area (Å²) in [6, 6.07) is 114. The van der Waals surface area contributed by atoms with Gasteiger partial charge in [0.2, 0.25) is 0 Å². The first kappa shape index (κ1) is 65.6. The fourth-order valence-corrected chi connectivity index (χ4v) is 11.0. The van der Waals surface area contributed by atoms with E-state index in [9.17, 15) is 0 Å². The Hall–Kier alpha value is -9.42. The van der Waals surface area contributed by atoms with Crippen molar-refractivity contribution in [3.63, 3.8) is 0 Å². The molecule has 0 amide bonds. The Morgan fingerprint density at radius 1 is 0.112 bits per heavy atom. The molecule has 0 bridgehead atoms. The predicted octanol–water partition coefficient (Wildman–Crippen LogP) is 21.8. The summed E-state index contributed by atoms with van der Waals surface area (Å²) in [5.41, 5.74) is 0. The molecule has 89 heavy (non-hydrogen) atoms. The molecular formula is C72H60O12P4Rh. The van der Waals surface area contributed by atoms with Gasteiger partial charge in [-0.2, -0.15) is 0 Å². The van der Waals surface area contributed by atoms with E-state index < -0.39 is 34.4 Å². The Kier molecular flexibility index (Phi) is 28.5. The van der Waals surface area contributed by atoms with E-state index in [1.54, 1.807) is 0 Å². The summed E-state index contributed by atoms with van der Waals surface area (Å²) in [6.07, 6.45) is 0. The average molecular weight is 1340 g/mol. The standard InChI is InChI=1S/4C18H15O3P.Rh/c4*1-4-10-16(11-5-1)19-22(20-17-12-6-2-7-13-17)21-18-14-8-3-9-15-18;/h4*1-15H;. The van der Waals surface area contributed by atoms with Crippen molar-refractivity contribution in [2.75, 3.05) is 0 Å². The van der Waals surface area contributed by atoms with Gasteiger partial charge in [0.15, 0.2) is 0 Å². The first-order valence-electron chi connectivity index (χ1n) is 27.6. The average Bonchev–Trinajstić information content (AvgIpc) is 3.73. The van der Waals surface area contributed by atoms with E-state index in [4.69, 9.17) is 54.3 Å². The molecule has 0 atom stereocenters. The first-order chi connectivity index (χ1) is 43.6. The van der Waals surface area contributed by atoms with Crippen molar-refractivity contribution < 1.29 is 73.8 Å². The summed E-state index contributed by atoms with van der Waals surface area (Å²) in [4.78, 5) is 0. The number of rotatable bonds is 24. The van der Waals surface area contributed by atoms with Gasteiger partial charge in [-0.15, -0.1) is 0 Å². The molecule has 0 saturated carbocycles. The minimum Gasteiger partial charge on any atom is -0.409 e. The third kappa shape index (κ3) is 25.4. The molecule has 0 aliphatic carbocycles. The van der Waals surface area contributed by atoms with E-state index in [1.807, 2.05) is 364 Å². The molecule has 0 heterocycles. The van der Waals surface area contributed by atoms with Crippen molar-refractivity contribution in [2.24, 2.45) is 0 Å². The topological polar surface area (TPSA) is 111 Å². The van der Waals surface area contributed by atoms with Gasteiger partial charge >= 0.3 is 34.4 Å². The van der Waals surface area contributed by atoms with E-state index in [1.165, 1.54) is 0 Å². The van der Waals surface area contributed by atoms with Crippen molar-refractivity contribution in [2.45, 2.75) is 0 Å². The van der Waals surface area contributed by atoms with Gasteiger partial charge in [-0.3, -0.25) is 0 Å². The number of para-hydroxylation sites is 12. The quantitative estimate of drug-likeness (QED) is 0.0424. The molecule has 0 spiro atoms. The first-order valence-corrected chi connectivity index (χ1v) is 32.0.